The molecule has 0 saturated carbocycles. The Morgan fingerprint density at radius 1 is 1.33 bits per heavy atom. The molecule has 27 heavy (non-hydrogen) atoms. The van der Waals surface area contributed by atoms with Gasteiger partial charge in [0.2, 0.25) is 0 Å². The molecular weight excluding hydrogens is 350 g/mol. The number of aliphatic carboxylic acids is 1. The molecule has 0 radical (unpaired) electrons. The Morgan fingerprint density at radius 3 is 2.89 bits per heavy atom. The van der Waals surface area contributed by atoms with Crippen LogP contribution in [0.3, 0.4) is 0 Å². The molecule has 1 unspecified atom stereocenters. The van der Waals surface area contributed by atoms with Gasteiger partial charge in [0, 0.05) is 38.7 Å². The largest absolute Gasteiger partial charge is 0.480 e. The summed E-state index contributed by atoms with van der Waals surface area (Å²) in [6.07, 6.45) is 3.90. The summed E-state index contributed by atoms with van der Waals surface area (Å²) >= 11 is 0. The Bertz CT molecular complexity index is 921. The van der Waals surface area contributed by atoms with Crippen molar-refractivity contribution in [3.8, 4) is 0 Å². The van der Waals surface area contributed by atoms with Crippen LogP contribution in [-0.4, -0.2) is 46.3 Å². The topological polar surface area (TPSA) is 111 Å². The molecule has 2 N–H and O–H groups in total. The molecule has 1 aliphatic heterocycles. The minimum Gasteiger partial charge on any atom is -0.480 e. The van der Waals surface area contributed by atoms with Crippen molar-refractivity contribution in [3.05, 3.63) is 39.9 Å². The van der Waals surface area contributed by atoms with Gasteiger partial charge in [-0.3, -0.25) is 14.2 Å². The molecule has 2 aromatic rings. The maximum atomic E-state index is 12.7. The number of carboxylic acid groups (broad SMARTS) is 1. The third-order valence-corrected chi connectivity index (χ3v) is 4.79. The zero-order chi connectivity index (χ0) is 19.4. The number of fused-ring (bicyclic) bond motifs is 2. The number of aromatic nitrogens is 2. The number of nitrogens with one attached hydrogen (secondary N) is 1. The van der Waals surface area contributed by atoms with E-state index in [2.05, 4.69) is 10.3 Å². The maximum Gasteiger partial charge on any atom is 0.326 e. The number of rotatable bonds is 6. The highest BCUT2D eigenvalue weighted by atomic mass is 16.5. The van der Waals surface area contributed by atoms with E-state index in [0.29, 0.717) is 17.4 Å². The molecule has 0 saturated heterocycles. The minimum atomic E-state index is -1.12. The molecule has 1 aromatic heterocycles. The van der Waals surface area contributed by atoms with E-state index in [1.54, 1.807) is 16.7 Å². The molecule has 8 heteroatoms. The number of benzene rings is 1. The highest BCUT2D eigenvalue weighted by Crippen LogP contribution is 2.16. The number of carbonyl (C=O) groups excluding carboxylic acids is 1. The van der Waals surface area contributed by atoms with E-state index in [1.165, 1.54) is 13.2 Å². The number of aryl methyl sites for hydroxylation is 1. The van der Waals surface area contributed by atoms with Crippen LogP contribution in [0.25, 0.3) is 10.9 Å². The van der Waals surface area contributed by atoms with Gasteiger partial charge in [-0.2, -0.15) is 0 Å². The third kappa shape index (κ3) is 4.16. The molecule has 2 heterocycles. The summed E-state index contributed by atoms with van der Waals surface area (Å²) in [5.74, 6) is -0.897. The first kappa shape index (κ1) is 19.0. The van der Waals surface area contributed by atoms with Gasteiger partial charge >= 0.3 is 5.97 Å². The third-order valence-electron chi connectivity index (χ3n) is 4.79. The second kappa shape index (κ2) is 8.30. The number of amides is 1. The van der Waals surface area contributed by atoms with Crippen LogP contribution in [0.4, 0.5) is 0 Å². The summed E-state index contributed by atoms with van der Waals surface area (Å²) in [6, 6.07) is 3.62. The summed E-state index contributed by atoms with van der Waals surface area (Å²) < 4.78 is 6.60. The van der Waals surface area contributed by atoms with E-state index in [0.717, 1.165) is 31.5 Å². The Labute approximate surface area is 156 Å². The second-order valence-corrected chi connectivity index (χ2v) is 6.67. The normalized spacial score (nSPS) is 15.0. The molecule has 1 aromatic carbocycles. The quantitative estimate of drug-likeness (QED) is 0.791. The number of carbonyl (C=O) groups is 2. The van der Waals surface area contributed by atoms with Crippen LogP contribution in [-0.2, 0) is 22.5 Å². The van der Waals surface area contributed by atoms with Gasteiger partial charge in [0.15, 0.2) is 0 Å². The van der Waals surface area contributed by atoms with Crippen LogP contribution in [0.1, 0.15) is 41.9 Å². The van der Waals surface area contributed by atoms with Crippen molar-refractivity contribution in [1.29, 1.82) is 0 Å². The lowest BCUT2D eigenvalue weighted by Gasteiger charge is -2.14. The van der Waals surface area contributed by atoms with Crippen molar-refractivity contribution in [2.45, 2.75) is 44.7 Å². The predicted molar refractivity (Wildman–Crippen MR) is 98.9 cm³/mol. The van der Waals surface area contributed by atoms with E-state index < -0.39 is 17.9 Å². The van der Waals surface area contributed by atoms with E-state index >= 15 is 0 Å². The van der Waals surface area contributed by atoms with Gasteiger partial charge in [-0.15, -0.1) is 0 Å². The van der Waals surface area contributed by atoms with E-state index in [1.807, 2.05) is 0 Å². The highest BCUT2D eigenvalue weighted by Gasteiger charge is 2.21. The van der Waals surface area contributed by atoms with Gasteiger partial charge in [0.25, 0.3) is 11.5 Å². The first-order valence-corrected chi connectivity index (χ1v) is 9.07. The molecule has 1 atom stereocenters. The SMILES string of the molecule is COCCC(NC(=O)c1ccc2c(=O)n3c(nc2c1)CCCCC3)C(=O)O. The number of hydrogen-bond donors (Lipinski definition) is 2. The van der Waals surface area contributed by atoms with Crippen molar-refractivity contribution in [1.82, 2.24) is 14.9 Å². The van der Waals surface area contributed by atoms with Gasteiger partial charge in [-0.1, -0.05) is 6.42 Å². The van der Waals surface area contributed by atoms with Crippen molar-refractivity contribution in [3.63, 3.8) is 0 Å². The van der Waals surface area contributed by atoms with E-state index in [4.69, 9.17) is 4.74 Å². The van der Waals surface area contributed by atoms with Crippen molar-refractivity contribution < 1.29 is 19.4 Å². The fourth-order valence-electron chi connectivity index (χ4n) is 3.29. The van der Waals surface area contributed by atoms with E-state index in [-0.39, 0.29) is 24.2 Å². The zero-order valence-electron chi connectivity index (χ0n) is 15.2. The molecule has 3 rings (SSSR count). The summed E-state index contributed by atoms with van der Waals surface area (Å²) in [6.45, 7) is 0.887. The standard InChI is InChI=1S/C19H23N3O5/c1-27-10-8-14(19(25)26)21-17(23)12-6-7-13-15(11-12)20-16-5-3-2-4-9-22(16)18(13)24/h6-7,11,14H,2-5,8-10H2,1H3,(H,21,23)(H,25,26). The summed E-state index contributed by atoms with van der Waals surface area (Å²) in [7, 11) is 1.47. The van der Waals surface area contributed by atoms with E-state index in [9.17, 15) is 19.5 Å². The highest BCUT2D eigenvalue weighted by molar-refractivity contribution is 5.99. The number of nitrogens with zero attached hydrogens (tertiary/aromatic N) is 2. The molecule has 144 valence electrons. The Hall–Kier alpha value is -2.74. The summed E-state index contributed by atoms with van der Waals surface area (Å²) in [5.41, 5.74) is 0.647. The molecule has 0 bridgehead atoms. The fraction of sp³-hybridized carbons (Fsp3) is 0.474. The molecule has 8 nitrogen and oxygen atoms in total. The molecule has 0 aliphatic carbocycles. The number of ether oxygens (including phenoxy) is 1. The van der Waals surface area contributed by atoms with Gasteiger partial charge in [0.1, 0.15) is 11.9 Å². The summed E-state index contributed by atoms with van der Waals surface area (Å²) in [4.78, 5) is 41.1. The van der Waals surface area contributed by atoms with Crippen LogP contribution in [0.2, 0.25) is 0 Å². The van der Waals surface area contributed by atoms with Crippen molar-refractivity contribution in [2.75, 3.05) is 13.7 Å². The molecular formula is C19H23N3O5. The monoisotopic (exact) mass is 373 g/mol. The average Bonchev–Trinajstić information content (AvgIpc) is 2.90. The average molecular weight is 373 g/mol. The smallest absolute Gasteiger partial charge is 0.326 e. The van der Waals surface area contributed by atoms with Gasteiger partial charge < -0.3 is 15.2 Å². The van der Waals surface area contributed by atoms with Crippen molar-refractivity contribution in [2.24, 2.45) is 0 Å². The molecule has 0 spiro atoms. The van der Waals surface area contributed by atoms with Gasteiger partial charge in [-0.05, 0) is 31.0 Å². The van der Waals surface area contributed by atoms with Crippen LogP contribution < -0.4 is 10.9 Å². The lowest BCUT2D eigenvalue weighted by atomic mass is 10.1. The predicted octanol–water partition coefficient (Wildman–Crippen LogP) is 1.34. The van der Waals surface area contributed by atoms with Crippen LogP contribution in [0.5, 0.6) is 0 Å². The lowest BCUT2D eigenvalue weighted by Crippen LogP contribution is -2.41. The first-order chi connectivity index (χ1) is 13.0. The molecule has 1 aliphatic rings. The number of carboxylic acids is 1. The lowest BCUT2D eigenvalue weighted by molar-refractivity contribution is -0.139. The summed E-state index contributed by atoms with van der Waals surface area (Å²) in [5, 5.41) is 12.2. The number of hydrogen-bond acceptors (Lipinski definition) is 5. The minimum absolute atomic E-state index is 0.0904. The Morgan fingerprint density at radius 2 is 2.15 bits per heavy atom. The Kier molecular flexibility index (Phi) is 5.85. The second-order valence-electron chi connectivity index (χ2n) is 6.67. The van der Waals surface area contributed by atoms with Crippen LogP contribution in [0, 0.1) is 0 Å². The Balaban J connectivity index is 1.90. The van der Waals surface area contributed by atoms with Gasteiger partial charge in [-0.25, -0.2) is 9.78 Å². The fourth-order valence-corrected chi connectivity index (χ4v) is 3.29. The van der Waals surface area contributed by atoms with Gasteiger partial charge in [0.05, 0.1) is 10.9 Å². The number of methoxy groups -OCH3 is 1. The van der Waals surface area contributed by atoms with Crippen LogP contribution in [0.15, 0.2) is 23.0 Å². The van der Waals surface area contributed by atoms with Crippen LogP contribution >= 0.6 is 0 Å². The zero-order valence-corrected chi connectivity index (χ0v) is 15.2. The van der Waals surface area contributed by atoms with Crippen molar-refractivity contribution >= 4 is 22.8 Å². The first-order valence-electron chi connectivity index (χ1n) is 9.07. The molecule has 1 amide bonds. The maximum absolute atomic E-state index is 12.7. The molecule has 0 fully saturated rings.